The molecular formula is C25H22ClF3N4O2. The van der Waals surface area contributed by atoms with Crippen molar-refractivity contribution in [3.8, 4) is 17.3 Å². The Morgan fingerprint density at radius 1 is 1.09 bits per heavy atom. The van der Waals surface area contributed by atoms with Gasteiger partial charge in [0.25, 0.3) is 6.01 Å². The Kier molecular flexibility index (Phi) is 6.53. The molecule has 0 radical (unpaired) electrons. The average Bonchev–Trinajstić information content (AvgIpc) is 3.04. The minimum Gasteiger partial charge on any atom is -0.447 e. The third-order valence-corrected chi connectivity index (χ3v) is 6.07. The van der Waals surface area contributed by atoms with E-state index in [4.69, 9.17) is 21.1 Å². The Morgan fingerprint density at radius 3 is 2.60 bits per heavy atom. The number of nitrogens with one attached hydrogen (secondary N) is 1. The summed E-state index contributed by atoms with van der Waals surface area (Å²) in [6.07, 6.45) is 1.46. The van der Waals surface area contributed by atoms with E-state index in [1.54, 1.807) is 24.3 Å². The van der Waals surface area contributed by atoms with Crippen molar-refractivity contribution in [3.63, 3.8) is 0 Å². The number of benzene rings is 1. The summed E-state index contributed by atoms with van der Waals surface area (Å²) in [5, 5.41) is 0.347. The van der Waals surface area contributed by atoms with Crippen molar-refractivity contribution in [2.45, 2.75) is 18.7 Å². The van der Waals surface area contributed by atoms with E-state index in [9.17, 15) is 13.2 Å². The Bertz CT molecular complexity index is 1290. The van der Waals surface area contributed by atoms with Gasteiger partial charge in [-0.05, 0) is 30.2 Å². The molecule has 5 rings (SSSR count). The van der Waals surface area contributed by atoms with Gasteiger partial charge in [0.05, 0.1) is 29.4 Å². The number of allylic oxidation sites excluding steroid dienone is 4. The van der Waals surface area contributed by atoms with E-state index in [0.29, 0.717) is 35.9 Å². The highest BCUT2D eigenvalue weighted by molar-refractivity contribution is 6.33. The van der Waals surface area contributed by atoms with Crippen LogP contribution < -0.4 is 9.64 Å². The van der Waals surface area contributed by atoms with Crippen molar-refractivity contribution in [3.05, 3.63) is 71.3 Å². The van der Waals surface area contributed by atoms with Gasteiger partial charge in [-0.1, -0.05) is 54.1 Å². The van der Waals surface area contributed by atoms with Gasteiger partial charge in [-0.3, -0.25) is 0 Å². The minimum atomic E-state index is -4.63. The number of pyridine rings is 1. The molecule has 1 aliphatic carbocycles. The molecular weight excluding hydrogens is 481 g/mol. The van der Waals surface area contributed by atoms with E-state index in [1.165, 1.54) is 12.2 Å². The molecule has 1 atom stereocenters. The average molecular weight is 503 g/mol. The van der Waals surface area contributed by atoms with Crippen molar-refractivity contribution in [1.29, 1.82) is 0 Å². The number of anilines is 1. The normalized spacial score (nSPS) is 17.4. The third kappa shape index (κ3) is 5.21. The smallest absolute Gasteiger partial charge is 0.429 e. The molecule has 10 heteroatoms. The van der Waals surface area contributed by atoms with Crippen LogP contribution in [0.3, 0.4) is 0 Å². The highest BCUT2D eigenvalue weighted by atomic mass is 35.5. The Balaban J connectivity index is 1.41. The van der Waals surface area contributed by atoms with Crippen molar-refractivity contribution >= 4 is 28.5 Å². The summed E-state index contributed by atoms with van der Waals surface area (Å²) in [6.45, 7) is 3.02. The number of hydrogen-bond acceptors (Lipinski definition) is 5. The van der Waals surface area contributed by atoms with Gasteiger partial charge >= 0.3 is 6.18 Å². The van der Waals surface area contributed by atoms with Crippen LogP contribution in [0.1, 0.15) is 6.42 Å². The van der Waals surface area contributed by atoms with Gasteiger partial charge in [-0.25, -0.2) is 4.98 Å². The van der Waals surface area contributed by atoms with Gasteiger partial charge in [-0.2, -0.15) is 18.2 Å². The SMILES string of the molecule is FC(F)(F)C(Oc1nc2nc(-c3ccc(N4CCOCC4)cc3)c(Cl)cc2[nH]1)C1=CCC=CC=C1. The first-order valence-electron chi connectivity index (χ1n) is 11.1. The van der Waals surface area contributed by atoms with Crippen LogP contribution in [-0.2, 0) is 4.74 Å². The van der Waals surface area contributed by atoms with Gasteiger partial charge in [-0.15, -0.1) is 0 Å². The zero-order chi connectivity index (χ0) is 24.4. The van der Waals surface area contributed by atoms with E-state index in [1.807, 2.05) is 24.3 Å². The number of rotatable bonds is 5. The lowest BCUT2D eigenvalue weighted by molar-refractivity contribution is -0.183. The van der Waals surface area contributed by atoms with Crippen LogP contribution >= 0.6 is 11.6 Å². The van der Waals surface area contributed by atoms with Gasteiger partial charge in [0, 0.05) is 24.3 Å². The number of ether oxygens (including phenoxy) is 2. The molecule has 1 unspecified atom stereocenters. The number of nitrogens with zero attached hydrogens (tertiary/aromatic N) is 3. The molecule has 35 heavy (non-hydrogen) atoms. The standard InChI is InChI=1S/C25H22ClF3N4O2/c26-19-15-20-23(31-21(19)16-7-9-18(10-8-16)33-11-13-34-14-12-33)32-24(30-20)35-22(25(27,28)29)17-5-3-1-2-4-6-17/h1-3,5-10,15,22H,4,11-14H2,(H,30,31,32). The summed E-state index contributed by atoms with van der Waals surface area (Å²) in [7, 11) is 0. The van der Waals surface area contributed by atoms with E-state index < -0.39 is 12.3 Å². The quantitative estimate of drug-likeness (QED) is 0.473. The van der Waals surface area contributed by atoms with E-state index in [0.717, 1.165) is 24.3 Å². The summed E-state index contributed by atoms with van der Waals surface area (Å²) in [4.78, 5) is 13.7. The molecule has 6 nitrogen and oxygen atoms in total. The summed E-state index contributed by atoms with van der Waals surface area (Å²) in [5.41, 5.74) is 2.93. The van der Waals surface area contributed by atoms with E-state index >= 15 is 0 Å². The number of aromatic nitrogens is 3. The lowest BCUT2D eigenvalue weighted by atomic mass is 10.1. The maximum atomic E-state index is 13.8. The molecule has 0 spiro atoms. The summed E-state index contributed by atoms with van der Waals surface area (Å²) in [5.74, 6) is 0. The molecule has 0 amide bonds. The van der Waals surface area contributed by atoms with Crippen molar-refractivity contribution < 1.29 is 22.6 Å². The second kappa shape index (κ2) is 9.75. The zero-order valence-electron chi connectivity index (χ0n) is 18.6. The third-order valence-electron chi connectivity index (χ3n) is 5.78. The maximum Gasteiger partial charge on any atom is 0.429 e. The highest BCUT2D eigenvalue weighted by Gasteiger charge is 2.44. The first-order chi connectivity index (χ1) is 16.9. The Labute approximate surface area is 204 Å². The highest BCUT2D eigenvalue weighted by Crippen LogP contribution is 2.33. The van der Waals surface area contributed by atoms with E-state index in [-0.39, 0.29) is 17.2 Å². The monoisotopic (exact) mass is 502 g/mol. The predicted octanol–water partition coefficient (Wildman–Crippen LogP) is 5.87. The van der Waals surface area contributed by atoms with Crippen molar-refractivity contribution in [2.24, 2.45) is 0 Å². The Morgan fingerprint density at radius 2 is 1.86 bits per heavy atom. The van der Waals surface area contributed by atoms with E-state index in [2.05, 4.69) is 19.9 Å². The topological polar surface area (TPSA) is 63.3 Å². The molecule has 0 bridgehead atoms. The molecule has 0 saturated carbocycles. The number of halogens is 4. The lowest BCUT2D eigenvalue weighted by Gasteiger charge is -2.28. The molecule has 182 valence electrons. The molecule has 1 aromatic carbocycles. The number of imidazole rings is 1. The van der Waals surface area contributed by atoms with Crippen LogP contribution in [0.5, 0.6) is 6.01 Å². The van der Waals surface area contributed by atoms with Crippen LogP contribution in [0.4, 0.5) is 18.9 Å². The molecule has 1 fully saturated rings. The van der Waals surface area contributed by atoms with Gasteiger partial charge in [0.1, 0.15) is 0 Å². The molecule has 2 aromatic heterocycles. The summed E-state index contributed by atoms with van der Waals surface area (Å²) in [6, 6.07) is 9.10. The number of morpholine rings is 1. The second-order valence-electron chi connectivity index (χ2n) is 8.14. The molecule has 1 saturated heterocycles. The summed E-state index contributed by atoms with van der Waals surface area (Å²) >= 11 is 6.47. The van der Waals surface area contributed by atoms with Crippen LogP contribution in [0.15, 0.2) is 66.3 Å². The fourth-order valence-corrected chi connectivity index (χ4v) is 4.29. The Hall–Kier alpha value is -3.30. The molecule has 1 N–H and O–H groups in total. The maximum absolute atomic E-state index is 13.8. The second-order valence-corrected chi connectivity index (χ2v) is 8.55. The van der Waals surface area contributed by atoms with Crippen LogP contribution in [0, 0.1) is 0 Å². The number of aromatic amines is 1. The van der Waals surface area contributed by atoms with Crippen LogP contribution in [0.2, 0.25) is 5.02 Å². The number of H-pyrrole nitrogens is 1. The number of alkyl halides is 3. The van der Waals surface area contributed by atoms with Crippen molar-refractivity contribution in [1.82, 2.24) is 15.0 Å². The minimum absolute atomic E-state index is 0.00925. The number of fused-ring (bicyclic) bond motifs is 1. The fourth-order valence-electron chi connectivity index (χ4n) is 4.03. The van der Waals surface area contributed by atoms with Gasteiger partial charge in [0.2, 0.25) is 6.10 Å². The number of hydrogen-bond donors (Lipinski definition) is 1. The van der Waals surface area contributed by atoms with Gasteiger partial charge in [0.15, 0.2) is 5.65 Å². The lowest BCUT2D eigenvalue weighted by Crippen LogP contribution is -2.36. The molecule has 2 aliphatic rings. The first-order valence-corrected chi connectivity index (χ1v) is 11.5. The summed E-state index contributed by atoms with van der Waals surface area (Å²) < 4.78 is 52.0. The van der Waals surface area contributed by atoms with Crippen LogP contribution in [0.25, 0.3) is 22.4 Å². The van der Waals surface area contributed by atoms with Crippen LogP contribution in [-0.4, -0.2) is 53.5 Å². The first kappa shape index (κ1) is 23.4. The molecule has 3 aromatic rings. The zero-order valence-corrected chi connectivity index (χ0v) is 19.3. The largest absolute Gasteiger partial charge is 0.447 e. The fraction of sp³-hybridized carbons (Fsp3) is 0.280. The molecule has 3 heterocycles. The van der Waals surface area contributed by atoms with Crippen molar-refractivity contribution in [2.75, 3.05) is 31.2 Å². The predicted molar refractivity (Wildman–Crippen MR) is 129 cm³/mol. The van der Waals surface area contributed by atoms with Gasteiger partial charge < -0.3 is 19.4 Å². The molecule has 1 aliphatic heterocycles.